The van der Waals surface area contributed by atoms with Crippen LogP contribution in [0.25, 0.3) is 0 Å². The van der Waals surface area contributed by atoms with Crippen LogP contribution in [0.4, 0.5) is 0 Å². The minimum atomic E-state index is -0.319. The van der Waals surface area contributed by atoms with Crippen LogP contribution in [0.3, 0.4) is 0 Å². The molecule has 2 atom stereocenters. The molecule has 0 aromatic heterocycles. The fourth-order valence-electron chi connectivity index (χ4n) is 1.74. The molecule has 0 aliphatic heterocycles. The van der Waals surface area contributed by atoms with E-state index in [4.69, 9.17) is 0 Å². The third-order valence-electron chi connectivity index (χ3n) is 3.17. The fourth-order valence-corrected chi connectivity index (χ4v) is 1.74. The fraction of sp³-hybridized carbons (Fsp3) is 0.600. The van der Waals surface area contributed by atoms with Gasteiger partial charge in [-0.2, -0.15) is 0 Å². The Balaban J connectivity index is 2.55. The molecule has 17 heavy (non-hydrogen) atoms. The highest BCUT2D eigenvalue weighted by Gasteiger charge is 2.22. The minimum Gasteiger partial charge on any atom is -0.391 e. The SMILES string of the molecule is CCC(NCC(O)C(C)(C)C)c1ccccc1. The van der Waals surface area contributed by atoms with Gasteiger partial charge in [0.15, 0.2) is 0 Å². The van der Waals surface area contributed by atoms with E-state index >= 15 is 0 Å². The van der Waals surface area contributed by atoms with E-state index in [1.165, 1.54) is 5.56 Å². The van der Waals surface area contributed by atoms with E-state index in [0.717, 1.165) is 6.42 Å². The normalized spacial score (nSPS) is 15.6. The van der Waals surface area contributed by atoms with Gasteiger partial charge in [0.25, 0.3) is 0 Å². The zero-order chi connectivity index (χ0) is 12.9. The topological polar surface area (TPSA) is 32.3 Å². The van der Waals surface area contributed by atoms with Crippen LogP contribution in [0.15, 0.2) is 30.3 Å². The minimum absolute atomic E-state index is 0.0675. The molecule has 1 aromatic rings. The van der Waals surface area contributed by atoms with E-state index in [1.54, 1.807) is 0 Å². The number of hydrogen-bond donors (Lipinski definition) is 2. The van der Waals surface area contributed by atoms with Crippen LogP contribution in [0.2, 0.25) is 0 Å². The van der Waals surface area contributed by atoms with E-state index < -0.39 is 0 Å². The molecular formula is C15H25NO. The Bertz CT molecular complexity index is 315. The summed E-state index contributed by atoms with van der Waals surface area (Å²) >= 11 is 0. The van der Waals surface area contributed by atoms with Crippen molar-refractivity contribution >= 4 is 0 Å². The molecular weight excluding hydrogens is 210 g/mol. The van der Waals surface area contributed by atoms with Crippen LogP contribution in [0, 0.1) is 5.41 Å². The molecule has 0 fully saturated rings. The average molecular weight is 235 g/mol. The smallest absolute Gasteiger partial charge is 0.0712 e. The maximum absolute atomic E-state index is 10.0. The molecule has 0 aliphatic carbocycles. The first-order valence-electron chi connectivity index (χ1n) is 6.41. The molecule has 0 bridgehead atoms. The zero-order valence-corrected chi connectivity index (χ0v) is 11.4. The summed E-state index contributed by atoms with van der Waals surface area (Å²) in [4.78, 5) is 0. The molecule has 0 amide bonds. The van der Waals surface area contributed by atoms with Gasteiger partial charge in [0.2, 0.25) is 0 Å². The summed E-state index contributed by atoms with van der Waals surface area (Å²) in [7, 11) is 0. The summed E-state index contributed by atoms with van der Waals surface area (Å²) in [5.41, 5.74) is 1.22. The Kier molecular flexibility index (Phi) is 5.16. The third kappa shape index (κ3) is 4.49. The first kappa shape index (κ1) is 14.2. The van der Waals surface area contributed by atoms with Crippen molar-refractivity contribution in [2.45, 2.75) is 46.3 Å². The number of aliphatic hydroxyl groups excluding tert-OH is 1. The molecule has 0 saturated heterocycles. The molecule has 2 heteroatoms. The van der Waals surface area contributed by atoms with Crippen LogP contribution >= 0.6 is 0 Å². The van der Waals surface area contributed by atoms with E-state index in [-0.39, 0.29) is 11.5 Å². The largest absolute Gasteiger partial charge is 0.391 e. The second-order valence-electron chi connectivity index (χ2n) is 5.66. The molecule has 1 aromatic carbocycles. The zero-order valence-electron chi connectivity index (χ0n) is 11.4. The lowest BCUT2D eigenvalue weighted by molar-refractivity contribution is 0.0603. The highest BCUT2D eigenvalue weighted by Crippen LogP contribution is 2.20. The van der Waals surface area contributed by atoms with Gasteiger partial charge in [-0.05, 0) is 17.4 Å². The lowest BCUT2D eigenvalue weighted by atomic mass is 9.89. The van der Waals surface area contributed by atoms with E-state index in [2.05, 4.69) is 57.3 Å². The lowest BCUT2D eigenvalue weighted by Gasteiger charge is -2.28. The third-order valence-corrected chi connectivity index (χ3v) is 3.17. The van der Waals surface area contributed by atoms with Crippen molar-refractivity contribution in [3.63, 3.8) is 0 Å². The van der Waals surface area contributed by atoms with Gasteiger partial charge in [-0.15, -0.1) is 0 Å². The van der Waals surface area contributed by atoms with Crippen molar-refractivity contribution in [3.8, 4) is 0 Å². The van der Waals surface area contributed by atoms with Crippen LogP contribution in [0.5, 0.6) is 0 Å². The van der Waals surface area contributed by atoms with Crippen LogP contribution in [-0.4, -0.2) is 17.8 Å². The van der Waals surface area contributed by atoms with Crippen molar-refractivity contribution in [1.29, 1.82) is 0 Å². The molecule has 1 rings (SSSR count). The second kappa shape index (κ2) is 6.18. The molecule has 96 valence electrons. The van der Waals surface area contributed by atoms with Crippen LogP contribution < -0.4 is 5.32 Å². The average Bonchev–Trinajstić information content (AvgIpc) is 2.29. The van der Waals surface area contributed by atoms with Crippen molar-refractivity contribution in [3.05, 3.63) is 35.9 Å². The predicted molar refractivity (Wildman–Crippen MR) is 72.9 cm³/mol. The highest BCUT2D eigenvalue weighted by molar-refractivity contribution is 5.18. The Hall–Kier alpha value is -0.860. The monoisotopic (exact) mass is 235 g/mol. The van der Waals surface area contributed by atoms with Crippen LogP contribution in [-0.2, 0) is 0 Å². The standard InChI is InChI=1S/C15H25NO/c1-5-13(12-9-7-6-8-10-12)16-11-14(17)15(2,3)4/h6-10,13-14,16-17H,5,11H2,1-4H3. The van der Waals surface area contributed by atoms with Gasteiger partial charge < -0.3 is 10.4 Å². The quantitative estimate of drug-likeness (QED) is 0.822. The summed E-state index contributed by atoms with van der Waals surface area (Å²) in [5.74, 6) is 0. The van der Waals surface area contributed by atoms with E-state index in [9.17, 15) is 5.11 Å². The summed E-state index contributed by atoms with van der Waals surface area (Å²) in [6, 6.07) is 10.7. The lowest BCUT2D eigenvalue weighted by Crippen LogP contribution is -2.38. The number of nitrogens with one attached hydrogen (secondary N) is 1. The van der Waals surface area contributed by atoms with Crippen molar-refractivity contribution in [2.75, 3.05) is 6.54 Å². The van der Waals surface area contributed by atoms with Crippen LogP contribution in [0.1, 0.15) is 45.7 Å². The molecule has 0 spiro atoms. The summed E-state index contributed by atoms with van der Waals surface area (Å²) < 4.78 is 0. The van der Waals surface area contributed by atoms with E-state index in [1.807, 2.05) is 6.07 Å². The second-order valence-corrected chi connectivity index (χ2v) is 5.66. The van der Waals surface area contributed by atoms with Gasteiger partial charge in [-0.3, -0.25) is 0 Å². The number of aliphatic hydroxyl groups is 1. The molecule has 2 N–H and O–H groups in total. The molecule has 0 radical (unpaired) electrons. The number of rotatable bonds is 5. The van der Waals surface area contributed by atoms with Gasteiger partial charge in [0, 0.05) is 12.6 Å². The Morgan fingerprint density at radius 1 is 1.18 bits per heavy atom. The number of benzene rings is 1. The van der Waals surface area contributed by atoms with Gasteiger partial charge in [0.1, 0.15) is 0 Å². The molecule has 2 unspecified atom stereocenters. The van der Waals surface area contributed by atoms with Gasteiger partial charge in [-0.25, -0.2) is 0 Å². The number of hydrogen-bond acceptors (Lipinski definition) is 2. The summed E-state index contributed by atoms with van der Waals surface area (Å²) in [6.45, 7) is 8.97. The Labute approximate surface area is 105 Å². The molecule has 0 aliphatic rings. The van der Waals surface area contributed by atoms with Gasteiger partial charge >= 0.3 is 0 Å². The van der Waals surface area contributed by atoms with Gasteiger partial charge in [-0.1, -0.05) is 58.0 Å². The van der Waals surface area contributed by atoms with Crippen molar-refractivity contribution in [1.82, 2.24) is 5.32 Å². The highest BCUT2D eigenvalue weighted by atomic mass is 16.3. The summed E-state index contributed by atoms with van der Waals surface area (Å²) in [5, 5.41) is 13.5. The maximum Gasteiger partial charge on any atom is 0.0712 e. The van der Waals surface area contributed by atoms with Gasteiger partial charge in [0.05, 0.1) is 6.10 Å². The summed E-state index contributed by atoms with van der Waals surface area (Å²) in [6.07, 6.45) is 0.709. The van der Waals surface area contributed by atoms with E-state index in [0.29, 0.717) is 12.6 Å². The first-order valence-corrected chi connectivity index (χ1v) is 6.41. The van der Waals surface area contributed by atoms with Crippen molar-refractivity contribution < 1.29 is 5.11 Å². The Morgan fingerprint density at radius 3 is 2.24 bits per heavy atom. The maximum atomic E-state index is 10.0. The van der Waals surface area contributed by atoms with Crippen molar-refractivity contribution in [2.24, 2.45) is 5.41 Å². The molecule has 0 saturated carbocycles. The molecule has 0 heterocycles. The molecule has 2 nitrogen and oxygen atoms in total. The predicted octanol–water partition coefficient (Wildman–Crippen LogP) is 3.13. The first-order chi connectivity index (χ1) is 7.95. The Morgan fingerprint density at radius 2 is 1.76 bits per heavy atom.